The first-order valence-corrected chi connectivity index (χ1v) is 7.57. The van der Waals surface area contributed by atoms with Gasteiger partial charge in [-0.1, -0.05) is 17.2 Å². The lowest BCUT2D eigenvalue weighted by Gasteiger charge is -2.04. The molecule has 2 aromatic carbocycles. The van der Waals surface area contributed by atoms with Crippen molar-refractivity contribution in [1.29, 1.82) is 0 Å². The number of anilines is 1. The van der Waals surface area contributed by atoms with Crippen LogP contribution in [0.2, 0.25) is 0 Å². The molecule has 0 aliphatic rings. The lowest BCUT2D eigenvalue weighted by molar-refractivity contribution is 0.414. The Kier molecular flexibility index (Phi) is 3.77. The van der Waals surface area contributed by atoms with Gasteiger partial charge in [0.05, 0.1) is 29.8 Å². The van der Waals surface area contributed by atoms with Gasteiger partial charge in [0.25, 0.3) is 5.89 Å². The normalized spacial score (nSPS) is 11.0. The average molecular weight is 339 g/mol. The number of nitrogens with zero attached hydrogens (tertiary/aromatic N) is 3. The number of fused-ring (bicyclic) bond motifs is 1. The van der Waals surface area contributed by atoms with Crippen molar-refractivity contribution in [2.24, 2.45) is 0 Å². The van der Waals surface area contributed by atoms with E-state index in [4.69, 9.17) is 9.15 Å². The molecule has 0 aliphatic heterocycles. The van der Waals surface area contributed by atoms with Gasteiger partial charge in [0.2, 0.25) is 0 Å². The predicted octanol–water partition coefficient (Wildman–Crippen LogP) is 3.37. The fourth-order valence-electron chi connectivity index (χ4n) is 2.51. The molecule has 0 fully saturated rings. The van der Waals surface area contributed by atoms with Gasteiger partial charge in [0, 0.05) is 6.54 Å². The average Bonchev–Trinajstić information content (AvgIpc) is 3.30. The molecule has 2 aromatic heterocycles. The van der Waals surface area contributed by atoms with Crippen molar-refractivity contribution in [1.82, 2.24) is 20.4 Å². The van der Waals surface area contributed by atoms with Crippen LogP contribution >= 0.6 is 0 Å². The number of hydrogen-bond acceptors (Lipinski definition) is 6. The van der Waals surface area contributed by atoms with Gasteiger partial charge in [-0.25, -0.2) is 4.39 Å². The molecule has 2 heterocycles. The van der Waals surface area contributed by atoms with Crippen molar-refractivity contribution in [3.05, 3.63) is 54.0 Å². The smallest absolute Gasteiger partial charge is 0.316 e. The van der Waals surface area contributed by atoms with Crippen molar-refractivity contribution in [2.45, 2.75) is 6.54 Å². The van der Waals surface area contributed by atoms with E-state index in [1.807, 2.05) is 24.3 Å². The van der Waals surface area contributed by atoms with E-state index in [9.17, 15) is 4.39 Å². The highest BCUT2D eigenvalue weighted by Gasteiger charge is 2.16. The molecule has 4 rings (SSSR count). The van der Waals surface area contributed by atoms with Crippen LogP contribution in [0.25, 0.3) is 22.4 Å². The van der Waals surface area contributed by atoms with Gasteiger partial charge >= 0.3 is 6.01 Å². The van der Waals surface area contributed by atoms with Gasteiger partial charge in [0.1, 0.15) is 11.6 Å². The minimum atomic E-state index is -0.450. The van der Waals surface area contributed by atoms with Crippen molar-refractivity contribution in [3.8, 4) is 17.2 Å². The maximum Gasteiger partial charge on any atom is 0.316 e. The first-order valence-electron chi connectivity index (χ1n) is 7.57. The number of aromatic amines is 1. The minimum Gasteiger partial charge on any atom is -0.497 e. The molecule has 0 unspecified atom stereocenters. The van der Waals surface area contributed by atoms with Crippen LogP contribution in [0.5, 0.6) is 5.75 Å². The number of ether oxygens (including phenoxy) is 1. The Bertz CT molecular complexity index is 1030. The number of rotatable bonds is 5. The maximum atomic E-state index is 14.5. The lowest BCUT2D eigenvalue weighted by Crippen LogP contribution is -1.99. The zero-order chi connectivity index (χ0) is 17.2. The highest BCUT2D eigenvalue weighted by atomic mass is 19.1. The monoisotopic (exact) mass is 339 g/mol. The summed E-state index contributed by atoms with van der Waals surface area (Å²) in [5.74, 6) is 0.420. The predicted molar refractivity (Wildman–Crippen MR) is 89.7 cm³/mol. The van der Waals surface area contributed by atoms with Crippen LogP contribution in [0.15, 0.2) is 47.0 Å². The maximum absolute atomic E-state index is 14.5. The first-order chi connectivity index (χ1) is 12.2. The van der Waals surface area contributed by atoms with Gasteiger partial charge in [-0.15, -0.1) is 5.10 Å². The first kappa shape index (κ1) is 15.1. The third kappa shape index (κ3) is 2.89. The van der Waals surface area contributed by atoms with Crippen LogP contribution < -0.4 is 10.1 Å². The molecular formula is C17H14FN5O2. The topological polar surface area (TPSA) is 88.9 Å². The summed E-state index contributed by atoms with van der Waals surface area (Å²) in [6.45, 7) is 0.474. The zero-order valence-electron chi connectivity index (χ0n) is 13.3. The Balaban J connectivity index is 1.54. The molecule has 2 N–H and O–H groups in total. The number of aromatic nitrogens is 4. The molecule has 0 radical (unpaired) electrons. The number of halogens is 1. The van der Waals surface area contributed by atoms with Crippen LogP contribution in [0, 0.1) is 5.82 Å². The summed E-state index contributed by atoms with van der Waals surface area (Å²) < 4.78 is 25.2. The molecule has 4 aromatic rings. The molecule has 0 saturated carbocycles. The second kappa shape index (κ2) is 6.23. The van der Waals surface area contributed by atoms with E-state index in [2.05, 4.69) is 25.7 Å². The Morgan fingerprint density at radius 2 is 2.16 bits per heavy atom. The van der Waals surface area contributed by atoms with Gasteiger partial charge in [-0.2, -0.15) is 5.10 Å². The fourth-order valence-corrected chi connectivity index (χ4v) is 2.51. The van der Waals surface area contributed by atoms with Gasteiger partial charge in [-0.3, -0.25) is 5.10 Å². The van der Waals surface area contributed by atoms with Crippen LogP contribution in [-0.4, -0.2) is 27.5 Å². The standard InChI is InChI=1S/C17H14FN5O2/c1-24-11-4-2-3-10(7-11)8-19-17-23-22-16(25-17)12-5-6-14-13(15(12)18)9-20-21-14/h2-7,9H,8H2,1H3,(H,19,23)(H,20,21). The lowest BCUT2D eigenvalue weighted by atomic mass is 10.1. The summed E-state index contributed by atoms with van der Waals surface area (Å²) in [4.78, 5) is 0. The molecule has 0 atom stereocenters. The molecule has 0 spiro atoms. The number of nitrogens with one attached hydrogen (secondary N) is 2. The Morgan fingerprint density at radius 1 is 1.24 bits per heavy atom. The summed E-state index contributed by atoms with van der Waals surface area (Å²) in [5, 5.41) is 17.8. The largest absolute Gasteiger partial charge is 0.497 e. The number of hydrogen-bond donors (Lipinski definition) is 2. The fraction of sp³-hybridized carbons (Fsp3) is 0.118. The second-order valence-corrected chi connectivity index (χ2v) is 5.38. The summed E-state index contributed by atoms with van der Waals surface area (Å²) in [6, 6.07) is 11.1. The van der Waals surface area contributed by atoms with Crippen molar-refractivity contribution in [2.75, 3.05) is 12.4 Å². The number of benzene rings is 2. The molecule has 0 aliphatic carbocycles. The molecule has 0 amide bonds. The van der Waals surface area contributed by atoms with Crippen molar-refractivity contribution < 1.29 is 13.5 Å². The Hall–Kier alpha value is -3.42. The van der Waals surface area contributed by atoms with Gasteiger partial charge in [0.15, 0.2) is 0 Å². The van der Waals surface area contributed by atoms with Crippen LogP contribution in [-0.2, 0) is 6.54 Å². The molecule has 8 heteroatoms. The van der Waals surface area contributed by atoms with Crippen molar-refractivity contribution in [3.63, 3.8) is 0 Å². The molecule has 25 heavy (non-hydrogen) atoms. The van der Waals surface area contributed by atoms with E-state index in [1.54, 1.807) is 19.2 Å². The highest BCUT2D eigenvalue weighted by molar-refractivity contribution is 5.83. The SMILES string of the molecule is COc1cccc(CNc2nnc(-c3ccc4[nH]ncc4c3F)o2)c1. The summed E-state index contributed by atoms with van der Waals surface area (Å²) in [5.41, 5.74) is 1.83. The van der Waals surface area contributed by atoms with E-state index in [1.165, 1.54) is 6.20 Å². The minimum absolute atomic E-state index is 0.105. The molecule has 0 saturated heterocycles. The molecule has 126 valence electrons. The summed E-state index contributed by atoms with van der Waals surface area (Å²) >= 11 is 0. The molecule has 7 nitrogen and oxygen atoms in total. The zero-order valence-corrected chi connectivity index (χ0v) is 13.3. The third-order valence-electron chi connectivity index (χ3n) is 3.79. The van der Waals surface area contributed by atoms with E-state index < -0.39 is 5.82 Å². The third-order valence-corrected chi connectivity index (χ3v) is 3.79. The van der Waals surface area contributed by atoms with Crippen LogP contribution in [0.1, 0.15) is 5.56 Å². The Labute approximate surface area is 141 Å². The Morgan fingerprint density at radius 3 is 3.04 bits per heavy atom. The van der Waals surface area contributed by atoms with E-state index in [-0.39, 0.29) is 17.5 Å². The van der Waals surface area contributed by atoms with E-state index in [0.717, 1.165) is 11.3 Å². The van der Waals surface area contributed by atoms with E-state index in [0.29, 0.717) is 17.4 Å². The van der Waals surface area contributed by atoms with E-state index >= 15 is 0 Å². The number of methoxy groups -OCH3 is 1. The number of H-pyrrole nitrogens is 1. The second-order valence-electron chi connectivity index (χ2n) is 5.38. The quantitative estimate of drug-likeness (QED) is 0.579. The van der Waals surface area contributed by atoms with Crippen molar-refractivity contribution >= 4 is 16.9 Å². The molecular weight excluding hydrogens is 325 g/mol. The highest BCUT2D eigenvalue weighted by Crippen LogP contribution is 2.28. The summed E-state index contributed by atoms with van der Waals surface area (Å²) in [6.07, 6.45) is 1.42. The summed E-state index contributed by atoms with van der Waals surface area (Å²) in [7, 11) is 1.61. The van der Waals surface area contributed by atoms with Crippen LogP contribution in [0.3, 0.4) is 0 Å². The van der Waals surface area contributed by atoms with Crippen LogP contribution in [0.4, 0.5) is 10.4 Å². The van der Waals surface area contributed by atoms with Gasteiger partial charge in [-0.05, 0) is 29.8 Å². The molecule has 0 bridgehead atoms. The van der Waals surface area contributed by atoms with Gasteiger partial charge < -0.3 is 14.5 Å².